The van der Waals surface area contributed by atoms with Gasteiger partial charge in [-0.1, -0.05) is 28.1 Å². The maximum atomic E-state index is 13.4. The van der Waals surface area contributed by atoms with E-state index in [1.54, 1.807) is 14.2 Å². The summed E-state index contributed by atoms with van der Waals surface area (Å²) >= 11 is 3.29. The fourth-order valence-electron chi connectivity index (χ4n) is 2.05. The zero-order chi connectivity index (χ0) is 16.7. The quantitative estimate of drug-likeness (QED) is 0.617. The number of hydrogen-bond acceptors (Lipinski definition) is 2. The number of methoxy groups -OCH3 is 1. The summed E-state index contributed by atoms with van der Waals surface area (Å²) in [6, 6.07) is 12.6. The number of nitrogens with one attached hydrogen (secondary N) is 2. The van der Waals surface area contributed by atoms with Gasteiger partial charge in [0, 0.05) is 24.6 Å². The molecule has 122 valence electrons. The van der Waals surface area contributed by atoms with Crippen LogP contribution in [0.25, 0.3) is 0 Å². The van der Waals surface area contributed by atoms with E-state index in [1.165, 1.54) is 12.1 Å². The van der Waals surface area contributed by atoms with Gasteiger partial charge in [-0.2, -0.15) is 0 Å². The average Bonchev–Trinajstić information content (AvgIpc) is 2.54. The summed E-state index contributed by atoms with van der Waals surface area (Å²) in [5, 5.41) is 6.37. The Morgan fingerprint density at radius 3 is 2.30 bits per heavy atom. The number of rotatable bonds is 5. The molecule has 6 heteroatoms. The molecule has 0 aliphatic carbocycles. The van der Waals surface area contributed by atoms with Crippen LogP contribution in [-0.2, 0) is 13.1 Å². The summed E-state index contributed by atoms with van der Waals surface area (Å²) in [5.41, 5.74) is 1.95. The fourth-order valence-corrected chi connectivity index (χ4v) is 2.56. The Morgan fingerprint density at radius 1 is 1.09 bits per heavy atom. The predicted octanol–water partition coefficient (Wildman–Crippen LogP) is 3.46. The third-order valence-electron chi connectivity index (χ3n) is 3.22. The second kappa shape index (κ2) is 8.53. The third-order valence-corrected chi connectivity index (χ3v) is 3.68. The van der Waals surface area contributed by atoms with Crippen LogP contribution in [0.2, 0.25) is 0 Å². The molecule has 2 rings (SSSR count). The molecule has 0 aliphatic heterocycles. The Morgan fingerprint density at radius 2 is 1.74 bits per heavy atom. The minimum atomic E-state index is -0.266. The normalized spacial score (nSPS) is 11.2. The average molecular weight is 380 g/mol. The van der Waals surface area contributed by atoms with Gasteiger partial charge in [-0.05, 0) is 41.5 Å². The molecule has 0 heterocycles. The lowest BCUT2D eigenvalue weighted by Gasteiger charge is -2.12. The number of aliphatic imine (C=N–C) groups is 1. The van der Waals surface area contributed by atoms with Crippen LogP contribution in [0.5, 0.6) is 5.75 Å². The molecular weight excluding hydrogens is 361 g/mol. The van der Waals surface area contributed by atoms with Gasteiger partial charge in [-0.15, -0.1) is 0 Å². The molecular formula is C17H19BrFN3O. The molecule has 2 N–H and O–H groups in total. The lowest BCUT2D eigenvalue weighted by Crippen LogP contribution is -2.36. The summed E-state index contributed by atoms with van der Waals surface area (Å²) in [7, 11) is 3.34. The summed E-state index contributed by atoms with van der Waals surface area (Å²) in [6.07, 6.45) is 0. The van der Waals surface area contributed by atoms with Gasteiger partial charge in [-0.3, -0.25) is 4.99 Å². The summed E-state index contributed by atoms with van der Waals surface area (Å²) in [6.45, 7) is 1.12. The van der Waals surface area contributed by atoms with E-state index in [0.29, 0.717) is 19.0 Å². The van der Waals surface area contributed by atoms with Crippen molar-refractivity contribution in [3.05, 3.63) is 63.9 Å². The molecule has 23 heavy (non-hydrogen) atoms. The molecule has 2 aromatic carbocycles. The fraction of sp³-hybridized carbons (Fsp3) is 0.235. The van der Waals surface area contributed by atoms with E-state index in [0.717, 1.165) is 21.3 Å². The van der Waals surface area contributed by atoms with Crippen LogP contribution >= 0.6 is 15.9 Å². The number of benzene rings is 2. The maximum Gasteiger partial charge on any atom is 0.191 e. The van der Waals surface area contributed by atoms with Crippen LogP contribution in [0.4, 0.5) is 4.39 Å². The van der Waals surface area contributed by atoms with E-state index in [9.17, 15) is 4.39 Å². The van der Waals surface area contributed by atoms with Gasteiger partial charge in [0.05, 0.1) is 7.11 Å². The second-order valence-corrected chi connectivity index (χ2v) is 5.82. The van der Waals surface area contributed by atoms with Crippen molar-refractivity contribution in [3.8, 4) is 5.75 Å². The summed E-state index contributed by atoms with van der Waals surface area (Å²) in [5.74, 6) is 1.21. The standard InChI is InChI=1S/C17H19BrFN3O/c1-20-17(21-10-12-3-5-16(23-2)6-4-12)22-11-13-7-14(18)9-15(19)8-13/h3-9H,10-11H2,1-2H3,(H2,20,21,22). The number of ether oxygens (including phenoxy) is 1. The van der Waals surface area contributed by atoms with E-state index in [4.69, 9.17) is 4.74 Å². The van der Waals surface area contributed by atoms with Gasteiger partial charge in [0.2, 0.25) is 0 Å². The van der Waals surface area contributed by atoms with Crippen molar-refractivity contribution in [3.63, 3.8) is 0 Å². The first-order valence-electron chi connectivity index (χ1n) is 7.13. The van der Waals surface area contributed by atoms with Gasteiger partial charge >= 0.3 is 0 Å². The van der Waals surface area contributed by atoms with E-state index in [-0.39, 0.29) is 5.82 Å². The highest BCUT2D eigenvalue weighted by molar-refractivity contribution is 9.10. The van der Waals surface area contributed by atoms with E-state index in [2.05, 4.69) is 31.6 Å². The lowest BCUT2D eigenvalue weighted by atomic mass is 10.2. The number of nitrogens with zero attached hydrogens (tertiary/aromatic N) is 1. The van der Waals surface area contributed by atoms with Crippen LogP contribution in [0.1, 0.15) is 11.1 Å². The first-order chi connectivity index (χ1) is 11.1. The molecule has 0 atom stereocenters. The van der Waals surface area contributed by atoms with Crippen molar-refractivity contribution in [1.29, 1.82) is 0 Å². The molecule has 0 amide bonds. The first-order valence-corrected chi connectivity index (χ1v) is 7.92. The second-order valence-electron chi connectivity index (χ2n) is 4.91. The molecule has 0 bridgehead atoms. The van der Waals surface area contributed by atoms with Crippen molar-refractivity contribution in [1.82, 2.24) is 10.6 Å². The molecule has 4 nitrogen and oxygen atoms in total. The van der Waals surface area contributed by atoms with Crippen LogP contribution in [0.15, 0.2) is 51.9 Å². The van der Waals surface area contributed by atoms with Crippen LogP contribution in [0.3, 0.4) is 0 Å². The minimum Gasteiger partial charge on any atom is -0.497 e. The molecule has 0 saturated carbocycles. The lowest BCUT2D eigenvalue weighted by molar-refractivity contribution is 0.414. The number of halogens is 2. The Balaban J connectivity index is 1.87. The molecule has 0 aliphatic rings. The Kier molecular flexibility index (Phi) is 6.40. The molecule has 0 spiro atoms. The zero-order valence-corrected chi connectivity index (χ0v) is 14.7. The molecule has 2 aromatic rings. The van der Waals surface area contributed by atoms with Crippen molar-refractivity contribution < 1.29 is 9.13 Å². The highest BCUT2D eigenvalue weighted by atomic mass is 79.9. The molecule has 0 fully saturated rings. The SMILES string of the molecule is CN=C(NCc1ccc(OC)cc1)NCc1cc(F)cc(Br)c1. The molecule has 0 unspecified atom stereocenters. The first kappa shape index (κ1) is 17.3. The smallest absolute Gasteiger partial charge is 0.191 e. The van der Waals surface area contributed by atoms with Gasteiger partial charge in [0.15, 0.2) is 5.96 Å². The van der Waals surface area contributed by atoms with Crippen molar-refractivity contribution >= 4 is 21.9 Å². The number of hydrogen-bond donors (Lipinski definition) is 2. The van der Waals surface area contributed by atoms with Crippen LogP contribution < -0.4 is 15.4 Å². The summed E-state index contributed by atoms with van der Waals surface area (Å²) in [4.78, 5) is 4.16. The largest absolute Gasteiger partial charge is 0.497 e. The number of guanidine groups is 1. The van der Waals surface area contributed by atoms with E-state index in [1.807, 2.05) is 30.3 Å². The van der Waals surface area contributed by atoms with Crippen LogP contribution in [-0.4, -0.2) is 20.1 Å². The van der Waals surface area contributed by atoms with Crippen molar-refractivity contribution in [2.45, 2.75) is 13.1 Å². The van der Waals surface area contributed by atoms with Gasteiger partial charge < -0.3 is 15.4 Å². The molecule has 0 radical (unpaired) electrons. The third kappa shape index (κ3) is 5.56. The Labute approximate surface area is 143 Å². The minimum absolute atomic E-state index is 0.266. The molecule has 0 saturated heterocycles. The zero-order valence-electron chi connectivity index (χ0n) is 13.1. The highest BCUT2D eigenvalue weighted by Crippen LogP contribution is 2.14. The van der Waals surface area contributed by atoms with Gasteiger partial charge in [0.1, 0.15) is 11.6 Å². The predicted molar refractivity (Wildman–Crippen MR) is 94.1 cm³/mol. The topological polar surface area (TPSA) is 45.7 Å². The maximum absolute atomic E-state index is 13.4. The van der Waals surface area contributed by atoms with Crippen molar-refractivity contribution in [2.75, 3.05) is 14.2 Å². The van der Waals surface area contributed by atoms with Gasteiger partial charge in [-0.25, -0.2) is 4.39 Å². The summed E-state index contributed by atoms with van der Waals surface area (Å²) < 4.78 is 19.2. The van der Waals surface area contributed by atoms with Gasteiger partial charge in [0.25, 0.3) is 0 Å². The monoisotopic (exact) mass is 379 g/mol. The van der Waals surface area contributed by atoms with E-state index < -0.39 is 0 Å². The Bertz CT molecular complexity index is 654. The van der Waals surface area contributed by atoms with Crippen molar-refractivity contribution in [2.24, 2.45) is 4.99 Å². The van der Waals surface area contributed by atoms with E-state index >= 15 is 0 Å². The van der Waals surface area contributed by atoms with Crippen LogP contribution in [0, 0.1) is 5.82 Å². The highest BCUT2D eigenvalue weighted by Gasteiger charge is 2.02. The Hall–Kier alpha value is -2.08. The molecule has 0 aromatic heterocycles.